The Morgan fingerprint density at radius 2 is 1.64 bits per heavy atom. The molecule has 0 aliphatic carbocycles. The monoisotopic (exact) mass is 438 g/mol. The van der Waals surface area contributed by atoms with Gasteiger partial charge in [-0.3, -0.25) is 9.59 Å². The van der Waals surface area contributed by atoms with E-state index in [1.807, 2.05) is 94.4 Å². The van der Waals surface area contributed by atoms with Gasteiger partial charge in [-0.1, -0.05) is 60.7 Å². The number of carbonyl (C=O) groups excluding carboxylic acids is 2. The fourth-order valence-electron chi connectivity index (χ4n) is 4.51. The minimum Gasteiger partial charge on any atom is -0.338 e. The average molecular weight is 439 g/mol. The topological polar surface area (TPSA) is 58.4 Å². The minimum atomic E-state index is -0.0524. The standard InChI is InChI=1S/C27H26N4O2/c1-29(22-12-6-3-7-13-22)26(33)19-31-24-15-9-8-14-23(24)28-27(31)21-16-25(32)30(18-21)17-20-10-4-2-5-11-20/h2-15,21H,16-19H2,1H3. The van der Waals surface area contributed by atoms with Gasteiger partial charge in [0.2, 0.25) is 11.8 Å². The van der Waals surface area contributed by atoms with Crippen LogP contribution in [-0.4, -0.2) is 39.9 Å². The summed E-state index contributed by atoms with van der Waals surface area (Å²) in [5.74, 6) is 0.838. The molecule has 5 rings (SSSR count). The summed E-state index contributed by atoms with van der Waals surface area (Å²) in [4.78, 5) is 34.4. The van der Waals surface area contributed by atoms with Gasteiger partial charge < -0.3 is 14.4 Å². The van der Waals surface area contributed by atoms with Crippen molar-refractivity contribution in [2.75, 3.05) is 18.5 Å². The normalized spacial score (nSPS) is 15.8. The van der Waals surface area contributed by atoms with Gasteiger partial charge in [0, 0.05) is 38.2 Å². The number of aromatic nitrogens is 2. The van der Waals surface area contributed by atoms with Gasteiger partial charge in [-0.05, 0) is 29.8 Å². The number of amides is 2. The molecular formula is C27H26N4O2. The number of likely N-dealkylation sites (tertiary alicyclic amines) is 1. The number of benzene rings is 3. The van der Waals surface area contributed by atoms with Crippen molar-refractivity contribution in [3.05, 3.63) is 96.3 Å². The molecule has 4 aromatic rings. The first kappa shape index (κ1) is 20.9. The van der Waals surface area contributed by atoms with Crippen molar-refractivity contribution in [2.45, 2.75) is 25.4 Å². The van der Waals surface area contributed by atoms with E-state index in [0.29, 0.717) is 19.5 Å². The third-order valence-electron chi connectivity index (χ3n) is 6.29. The molecule has 166 valence electrons. The Bertz CT molecular complexity index is 1280. The van der Waals surface area contributed by atoms with E-state index >= 15 is 0 Å². The lowest BCUT2D eigenvalue weighted by Crippen LogP contribution is -2.31. The van der Waals surface area contributed by atoms with Crippen molar-refractivity contribution in [3.63, 3.8) is 0 Å². The number of imidazole rings is 1. The molecule has 1 aromatic heterocycles. The Kier molecular flexibility index (Phi) is 5.65. The quantitative estimate of drug-likeness (QED) is 0.453. The van der Waals surface area contributed by atoms with E-state index in [0.717, 1.165) is 28.1 Å². The van der Waals surface area contributed by atoms with Gasteiger partial charge in [0.25, 0.3) is 0 Å². The first-order chi connectivity index (χ1) is 16.1. The Balaban J connectivity index is 1.42. The Hall–Kier alpha value is -3.93. The number of carbonyl (C=O) groups is 2. The second-order valence-electron chi connectivity index (χ2n) is 8.49. The maximum Gasteiger partial charge on any atom is 0.246 e. The number of rotatable bonds is 6. The third kappa shape index (κ3) is 4.24. The maximum atomic E-state index is 13.2. The number of hydrogen-bond donors (Lipinski definition) is 0. The van der Waals surface area contributed by atoms with Gasteiger partial charge in [-0.15, -0.1) is 0 Å². The average Bonchev–Trinajstić information content (AvgIpc) is 3.40. The van der Waals surface area contributed by atoms with Crippen LogP contribution < -0.4 is 4.90 Å². The van der Waals surface area contributed by atoms with Crippen LogP contribution >= 0.6 is 0 Å². The van der Waals surface area contributed by atoms with E-state index in [9.17, 15) is 9.59 Å². The second-order valence-corrected chi connectivity index (χ2v) is 8.49. The molecule has 0 radical (unpaired) electrons. The van der Waals surface area contributed by atoms with Crippen LogP contribution in [0.15, 0.2) is 84.9 Å². The number of nitrogens with zero attached hydrogens (tertiary/aromatic N) is 4. The largest absolute Gasteiger partial charge is 0.338 e. The van der Waals surface area contributed by atoms with Crippen LogP contribution in [0.4, 0.5) is 5.69 Å². The molecule has 2 amide bonds. The first-order valence-corrected chi connectivity index (χ1v) is 11.2. The summed E-state index contributed by atoms with van der Waals surface area (Å²) < 4.78 is 1.99. The van der Waals surface area contributed by atoms with Gasteiger partial charge in [0.15, 0.2) is 0 Å². The van der Waals surface area contributed by atoms with Crippen molar-refractivity contribution in [3.8, 4) is 0 Å². The second kappa shape index (κ2) is 8.90. The van der Waals surface area contributed by atoms with Crippen LogP contribution in [0, 0.1) is 0 Å². The zero-order valence-electron chi connectivity index (χ0n) is 18.6. The highest BCUT2D eigenvalue weighted by molar-refractivity contribution is 5.93. The first-order valence-electron chi connectivity index (χ1n) is 11.2. The summed E-state index contributed by atoms with van der Waals surface area (Å²) in [7, 11) is 1.79. The van der Waals surface area contributed by atoms with E-state index < -0.39 is 0 Å². The van der Waals surface area contributed by atoms with Gasteiger partial charge in [0.1, 0.15) is 12.4 Å². The van der Waals surface area contributed by atoms with E-state index in [2.05, 4.69) is 0 Å². The molecule has 6 nitrogen and oxygen atoms in total. The number of para-hydroxylation sites is 3. The summed E-state index contributed by atoms with van der Waals surface area (Å²) >= 11 is 0. The highest BCUT2D eigenvalue weighted by Crippen LogP contribution is 2.31. The summed E-state index contributed by atoms with van der Waals surface area (Å²) in [5.41, 5.74) is 3.71. The molecule has 1 unspecified atom stereocenters. The van der Waals surface area contributed by atoms with E-state index in [4.69, 9.17) is 4.98 Å². The fraction of sp³-hybridized carbons (Fsp3) is 0.222. The van der Waals surface area contributed by atoms with E-state index in [1.165, 1.54) is 0 Å². The van der Waals surface area contributed by atoms with Crippen LogP contribution in [-0.2, 0) is 22.7 Å². The molecule has 0 bridgehead atoms. The molecule has 1 fully saturated rings. The molecular weight excluding hydrogens is 412 g/mol. The maximum absolute atomic E-state index is 13.2. The lowest BCUT2D eigenvalue weighted by atomic mass is 10.1. The summed E-state index contributed by atoms with van der Waals surface area (Å²) in [6, 6.07) is 27.5. The van der Waals surface area contributed by atoms with Crippen molar-refractivity contribution in [1.29, 1.82) is 0 Å². The highest BCUT2D eigenvalue weighted by atomic mass is 16.2. The van der Waals surface area contributed by atoms with Crippen LogP contribution in [0.1, 0.15) is 23.7 Å². The third-order valence-corrected chi connectivity index (χ3v) is 6.29. The van der Waals surface area contributed by atoms with Crippen LogP contribution in [0.25, 0.3) is 11.0 Å². The van der Waals surface area contributed by atoms with Gasteiger partial charge in [-0.2, -0.15) is 0 Å². The van der Waals surface area contributed by atoms with Gasteiger partial charge >= 0.3 is 0 Å². The molecule has 3 aromatic carbocycles. The molecule has 33 heavy (non-hydrogen) atoms. The fourth-order valence-corrected chi connectivity index (χ4v) is 4.51. The molecule has 0 saturated carbocycles. The molecule has 1 saturated heterocycles. The van der Waals surface area contributed by atoms with Gasteiger partial charge in [-0.25, -0.2) is 4.98 Å². The SMILES string of the molecule is CN(C(=O)Cn1c(C2CC(=O)N(Cc3ccccc3)C2)nc2ccccc21)c1ccccc1. The van der Waals surface area contributed by atoms with Crippen LogP contribution in [0.3, 0.4) is 0 Å². The molecule has 1 aliphatic heterocycles. The Morgan fingerprint density at radius 3 is 2.39 bits per heavy atom. The zero-order valence-corrected chi connectivity index (χ0v) is 18.6. The zero-order chi connectivity index (χ0) is 22.8. The van der Waals surface area contributed by atoms with Crippen molar-refractivity contribution >= 4 is 28.5 Å². The summed E-state index contributed by atoms with van der Waals surface area (Å²) in [5, 5.41) is 0. The predicted octanol–water partition coefficient (Wildman–Crippen LogP) is 4.22. The highest BCUT2D eigenvalue weighted by Gasteiger charge is 2.34. The molecule has 1 aliphatic rings. The smallest absolute Gasteiger partial charge is 0.246 e. The molecule has 1 atom stereocenters. The molecule has 6 heteroatoms. The lowest BCUT2D eigenvalue weighted by Gasteiger charge is -2.20. The van der Waals surface area contributed by atoms with E-state index in [-0.39, 0.29) is 24.3 Å². The van der Waals surface area contributed by atoms with Crippen molar-refractivity contribution < 1.29 is 9.59 Å². The Labute approximate surface area is 193 Å². The number of fused-ring (bicyclic) bond motifs is 1. The number of hydrogen-bond acceptors (Lipinski definition) is 3. The number of likely N-dealkylation sites (N-methyl/N-ethyl adjacent to an activating group) is 1. The number of anilines is 1. The summed E-state index contributed by atoms with van der Waals surface area (Å²) in [6.07, 6.45) is 0.402. The minimum absolute atomic E-state index is 0.0314. The van der Waals surface area contributed by atoms with Gasteiger partial charge in [0.05, 0.1) is 11.0 Å². The predicted molar refractivity (Wildman–Crippen MR) is 129 cm³/mol. The van der Waals surface area contributed by atoms with Crippen LogP contribution in [0.2, 0.25) is 0 Å². The van der Waals surface area contributed by atoms with Crippen molar-refractivity contribution in [1.82, 2.24) is 14.5 Å². The molecule has 2 heterocycles. The summed E-state index contributed by atoms with van der Waals surface area (Å²) in [6.45, 7) is 1.36. The van der Waals surface area contributed by atoms with Crippen LogP contribution in [0.5, 0.6) is 0 Å². The molecule has 0 N–H and O–H groups in total. The lowest BCUT2D eigenvalue weighted by molar-refractivity contribution is -0.128. The Morgan fingerprint density at radius 1 is 0.970 bits per heavy atom. The van der Waals surface area contributed by atoms with E-state index in [1.54, 1.807) is 11.9 Å². The van der Waals surface area contributed by atoms with Crippen molar-refractivity contribution in [2.24, 2.45) is 0 Å². The molecule has 0 spiro atoms.